The first kappa shape index (κ1) is 20.2. The van der Waals surface area contributed by atoms with Gasteiger partial charge in [0, 0.05) is 44.6 Å². The molecule has 1 aromatic heterocycles. The number of benzene rings is 1. The van der Waals surface area contributed by atoms with Crippen LogP contribution in [0.1, 0.15) is 11.1 Å². The van der Waals surface area contributed by atoms with Crippen molar-refractivity contribution in [1.29, 1.82) is 0 Å². The fourth-order valence-electron chi connectivity index (χ4n) is 2.78. The fourth-order valence-corrected chi connectivity index (χ4v) is 3.02. The number of hydrogen-bond donors (Lipinski definition) is 1. The summed E-state index contributed by atoms with van der Waals surface area (Å²) in [6, 6.07) is 7.22. The molecule has 1 fully saturated rings. The number of nitrogens with one attached hydrogen (secondary N) is 1. The number of anilines is 2. The lowest BCUT2D eigenvalue weighted by Crippen LogP contribution is -2.52. The molecule has 0 spiro atoms. The second-order valence-electron chi connectivity index (χ2n) is 6.25. The number of amides is 1. The molecule has 0 radical (unpaired) electrons. The zero-order chi connectivity index (χ0) is 20.3. The summed E-state index contributed by atoms with van der Waals surface area (Å²) in [6.07, 6.45) is -5.12. The van der Waals surface area contributed by atoms with Crippen LogP contribution in [0.25, 0.3) is 0 Å². The van der Waals surface area contributed by atoms with E-state index in [1.807, 2.05) is 12.1 Å². The molecule has 0 aliphatic carbocycles. The van der Waals surface area contributed by atoms with Crippen molar-refractivity contribution in [3.05, 3.63) is 46.7 Å². The molecule has 150 valence electrons. The van der Waals surface area contributed by atoms with Gasteiger partial charge in [-0.25, -0.2) is 9.97 Å². The SMILES string of the molecule is O=C([O-])N1CCN(Cc2ccc(Nc3ncc(C(F)(F)F)c(Cl)n3)cc2)CC1. The van der Waals surface area contributed by atoms with Gasteiger partial charge in [-0.3, -0.25) is 4.90 Å². The van der Waals surface area contributed by atoms with Crippen LogP contribution in [0.2, 0.25) is 5.15 Å². The molecule has 1 N–H and O–H groups in total. The van der Waals surface area contributed by atoms with Crippen LogP contribution < -0.4 is 10.4 Å². The number of alkyl halides is 3. The van der Waals surface area contributed by atoms with E-state index in [9.17, 15) is 23.1 Å². The minimum absolute atomic E-state index is 0.0378. The van der Waals surface area contributed by atoms with Crippen LogP contribution in [0.5, 0.6) is 0 Å². The lowest BCUT2D eigenvalue weighted by molar-refractivity contribution is -0.266. The van der Waals surface area contributed by atoms with Crippen LogP contribution in [-0.4, -0.2) is 52.0 Å². The molecule has 2 aromatic rings. The summed E-state index contributed by atoms with van der Waals surface area (Å²) < 4.78 is 38.0. The van der Waals surface area contributed by atoms with Crippen LogP contribution in [0.15, 0.2) is 30.5 Å². The van der Waals surface area contributed by atoms with Gasteiger partial charge in [0.15, 0.2) is 0 Å². The Hall–Kier alpha value is -2.59. The molecular weight excluding hydrogens is 399 g/mol. The Balaban J connectivity index is 1.58. The molecule has 28 heavy (non-hydrogen) atoms. The number of carbonyl (C=O) groups is 1. The predicted molar refractivity (Wildman–Crippen MR) is 94.0 cm³/mol. The third-order valence-electron chi connectivity index (χ3n) is 4.29. The predicted octanol–water partition coefficient (Wildman–Crippen LogP) is 2.35. The maximum absolute atomic E-state index is 12.7. The Morgan fingerprint density at radius 2 is 1.82 bits per heavy atom. The van der Waals surface area contributed by atoms with Gasteiger partial charge < -0.3 is 20.1 Å². The largest absolute Gasteiger partial charge is 0.530 e. The van der Waals surface area contributed by atoms with Crippen molar-refractivity contribution in [2.24, 2.45) is 0 Å². The van der Waals surface area contributed by atoms with Gasteiger partial charge in [0.2, 0.25) is 5.95 Å². The topological polar surface area (TPSA) is 84.4 Å². The minimum atomic E-state index is -4.61. The Kier molecular flexibility index (Phi) is 5.90. The lowest BCUT2D eigenvalue weighted by Gasteiger charge is -2.36. The number of carbonyl (C=O) groups excluding carboxylic acids is 1. The quantitative estimate of drug-likeness (QED) is 0.773. The number of carboxylic acid groups (broad SMARTS) is 1. The molecule has 1 aliphatic heterocycles. The third-order valence-corrected chi connectivity index (χ3v) is 4.58. The highest BCUT2D eigenvalue weighted by Crippen LogP contribution is 2.33. The van der Waals surface area contributed by atoms with Crippen molar-refractivity contribution in [3.63, 3.8) is 0 Å². The van der Waals surface area contributed by atoms with E-state index in [0.29, 0.717) is 44.6 Å². The van der Waals surface area contributed by atoms with Crippen LogP contribution in [0, 0.1) is 0 Å². The molecule has 0 atom stereocenters. The normalized spacial score (nSPS) is 15.5. The van der Waals surface area contributed by atoms with Crippen molar-refractivity contribution in [2.45, 2.75) is 12.7 Å². The number of hydrogen-bond acceptors (Lipinski definition) is 6. The summed E-state index contributed by atoms with van der Waals surface area (Å²) >= 11 is 5.58. The van der Waals surface area contributed by atoms with Gasteiger partial charge in [-0.1, -0.05) is 23.7 Å². The molecule has 0 saturated carbocycles. The van der Waals surface area contributed by atoms with Crippen molar-refractivity contribution < 1.29 is 23.1 Å². The molecule has 7 nitrogen and oxygen atoms in total. The highest BCUT2D eigenvalue weighted by molar-refractivity contribution is 6.30. The van der Waals surface area contributed by atoms with E-state index in [2.05, 4.69) is 20.2 Å². The summed E-state index contributed by atoms with van der Waals surface area (Å²) in [5, 5.41) is 12.9. The Morgan fingerprint density at radius 3 is 2.36 bits per heavy atom. The van der Waals surface area contributed by atoms with Crippen molar-refractivity contribution in [3.8, 4) is 0 Å². The van der Waals surface area contributed by atoms with Gasteiger partial charge in [0.25, 0.3) is 0 Å². The molecule has 1 amide bonds. The molecule has 0 unspecified atom stereocenters. The van der Waals surface area contributed by atoms with Gasteiger partial charge in [-0.15, -0.1) is 0 Å². The van der Waals surface area contributed by atoms with E-state index >= 15 is 0 Å². The van der Waals surface area contributed by atoms with Gasteiger partial charge in [-0.05, 0) is 17.7 Å². The number of rotatable bonds is 4. The van der Waals surface area contributed by atoms with Crippen LogP contribution in [-0.2, 0) is 12.7 Å². The van der Waals surface area contributed by atoms with Gasteiger partial charge in [0.1, 0.15) is 16.8 Å². The zero-order valence-electron chi connectivity index (χ0n) is 14.5. The van der Waals surface area contributed by atoms with E-state index < -0.39 is 23.0 Å². The third kappa shape index (κ3) is 5.02. The van der Waals surface area contributed by atoms with Crippen molar-refractivity contribution in [2.75, 3.05) is 31.5 Å². The van der Waals surface area contributed by atoms with Gasteiger partial charge in [-0.2, -0.15) is 13.2 Å². The highest BCUT2D eigenvalue weighted by atomic mass is 35.5. The Bertz CT molecular complexity index is 840. The average Bonchev–Trinajstić information content (AvgIpc) is 2.63. The number of aromatic nitrogens is 2. The molecule has 11 heteroatoms. The summed E-state index contributed by atoms with van der Waals surface area (Å²) in [6.45, 7) is 2.71. The maximum atomic E-state index is 12.7. The molecule has 3 rings (SSSR count). The van der Waals surface area contributed by atoms with E-state index in [-0.39, 0.29) is 5.95 Å². The second kappa shape index (κ2) is 8.19. The van der Waals surface area contributed by atoms with E-state index in [4.69, 9.17) is 11.6 Å². The Labute approximate surface area is 163 Å². The zero-order valence-corrected chi connectivity index (χ0v) is 15.3. The summed E-state index contributed by atoms with van der Waals surface area (Å²) in [4.78, 5) is 21.5. The first-order valence-corrected chi connectivity index (χ1v) is 8.74. The van der Waals surface area contributed by atoms with Gasteiger partial charge in [0.05, 0.1) is 0 Å². The molecule has 1 aromatic carbocycles. The fraction of sp³-hybridized carbons (Fsp3) is 0.353. The first-order chi connectivity index (χ1) is 13.2. The number of piperazine rings is 1. The number of nitrogens with zero attached hydrogens (tertiary/aromatic N) is 4. The summed E-state index contributed by atoms with van der Waals surface area (Å²) in [5.74, 6) is -0.0378. The molecule has 1 saturated heterocycles. The molecule has 2 heterocycles. The molecule has 1 aliphatic rings. The Morgan fingerprint density at radius 1 is 1.18 bits per heavy atom. The van der Waals surface area contributed by atoms with E-state index in [1.165, 1.54) is 4.90 Å². The summed E-state index contributed by atoms with van der Waals surface area (Å²) in [7, 11) is 0. The number of halogens is 4. The second-order valence-corrected chi connectivity index (χ2v) is 6.60. The first-order valence-electron chi connectivity index (χ1n) is 8.36. The van der Waals surface area contributed by atoms with Crippen molar-refractivity contribution >= 4 is 29.3 Å². The van der Waals surface area contributed by atoms with Gasteiger partial charge >= 0.3 is 6.18 Å². The monoisotopic (exact) mass is 414 g/mol. The smallest absolute Gasteiger partial charge is 0.420 e. The van der Waals surface area contributed by atoms with Crippen LogP contribution >= 0.6 is 11.6 Å². The standard InChI is InChI=1S/C17H17ClF3N5O2/c18-14-13(17(19,20)21)9-22-15(24-14)23-12-3-1-11(2-4-12)10-25-5-7-26(8-6-25)16(27)28/h1-4,9H,5-8,10H2,(H,27,28)(H,22,23,24)/p-1. The lowest BCUT2D eigenvalue weighted by atomic mass is 10.2. The molecular formula is C17H16ClF3N5O2-. The van der Waals surface area contributed by atoms with E-state index in [1.54, 1.807) is 12.1 Å². The van der Waals surface area contributed by atoms with Crippen LogP contribution in [0.3, 0.4) is 0 Å². The van der Waals surface area contributed by atoms with Crippen LogP contribution in [0.4, 0.5) is 29.6 Å². The van der Waals surface area contributed by atoms with Crippen molar-refractivity contribution in [1.82, 2.24) is 19.8 Å². The average molecular weight is 415 g/mol. The highest BCUT2D eigenvalue weighted by Gasteiger charge is 2.34. The maximum Gasteiger partial charge on any atom is 0.420 e. The minimum Gasteiger partial charge on any atom is -0.530 e. The van der Waals surface area contributed by atoms with E-state index in [0.717, 1.165) is 5.56 Å². The molecule has 0 bridgehead atoms. The summed E-state index contributed by atoms with van der Waals surface area (Å²) in [5.41, 5.74) is 0.522.